The van der Waals surface area contributed by atoms with Crippen LogP contribution in [-0.2, 0) is 19.0 Å². The summed E-state index contributed by atoms with van der Waals surface area (Å²) >= 11 is 3.43. The molecule has 0 atom stereocenters. The smallest absolute Gasteiger partial charge is 0.305 e. The Kier molecular flexibility index (Phi) is 26.4. The van der Waals surface area contributed by atoms with Crippen molar-refractivity contribution in [1.82, 2.24) is 0 Å². The first-order valence-electron chi connectivity index (χ1n) is 13.1. The monoisotopic (exact) mass is 526 g/mol. The van der Waals surface area contributed by atoms with Gasteiger partial charge in [-0.2, -0.15) is 0 Å². The molecule has 0 saturated carbocycles. The molecule has 0 N–H and O–H groups in total. The highest BCUT2D eigenvalue weighted by Gasteiger charge is 2.13. The maximum atomic E-state index is 12.1. The summed E-state index contributed by atoms with van der Waals surface area (Å²) in [7, 11) is 0. The first kappa shape index (κ1) is 32.0. The Bertz CT molecular complexity index is 522. The third kappa shape index (κ3) is 25.5. The number of esters is 1. The molecule has 0 fully saturated rings. The Balaban J connectivity index is 4.20. The van der Waals surface area contributed by atoms with Crippen molar-refractivity contribution in [2.75, 3.05) is 25.2 Å². The van der Waals surface area contributed by atoms with E-state index >= 15 is 0 Å². The molecule has 0 aliphatic heterocycles. The Hall–Kier alpha value is -1.01. The average molecular weight is 528 g/mol. The molecule has 0 radical (unpaired) electrons. The van der Waals surface area contributed by atoms with Gasteiger partial charge in [0.25, 0.3) is 0 Å². The molecular formula is C28H47BrO4. The zero-order valence-electron chi connectivity index (χ0n) is 21.2. The second-order valence-corrected chi connectivity index (χ2v) is 8.95. The highest BCUT2D eigenvalue weighted by Crippen LogP contribution is 2.09. The highest BCUT2D eigenvalue weighted by atomic mass is 79.9. The number of carbonyl (C=O) groups is 1. The topological polar surface area (TPSA) is 44.8 Å². The number of ether oxygens (including phenoxy) is 3. The number of halogens is 1. The summed E-state index contributed by atoms with van der Waals surface area (Å²) < 4.78 is 17.1. The Morgan fingerprint density at radius 3 is 1.79 bits per heavy atom. The van der Waals surface area contributed by atoms with Gasteiger partial charge in [0.2, 0.25) is 0 Å². The zero-order chi connectivity index (χ0) is 24.2. The number of hydrogen-bond donors (Lipinski definition) is 0. The van der Waals surface area contributed by atoms with E-state index in [1.165, 1.54) is 25.7 Å². The van der Waals surface area contributed by atoms with E-state index in [4.69, 9.17) is 14.2 Å². The van der Waals surface area contributed by atoms with E-state index in [1.54, 1.807) is 0 Å². The molecule has 0 aliphatic carbocycles. The molecule has 4 nitrogen and oxygen atoms in total. The lowest BCUT2D eigenvalue weighted by Crippen LogP contribution is -2.20. The zero-order valence-corrected chi connectivity index (χ0v) is 22.8. The van der Waals surface area contributed by atoms with Crippen molar-refractivity contribution in [3.05, 3.63) is 0 Å². The van der Waals surface area contributed by atoms with Crippen LogP contribution in [0.3, 0.4) is 0 Å². The van der Waals surface area contributed by atoms with Crippen LogP contribution in [0, 0.1) is 23.7 Å². The normalized spacial score (nSPS) is 10.4. The Morgan fingerprint density at radius 1 is 0.697 bits per heavy atom. The van der Waals surface area contributed by atoms with E-state index in [1.807, 2.05) is 0 Å². The van der Waals surface area contributed by atoms with Crippen LogP contribution < -0.4 is 0 Å². The van der Waals surface area contributed by atoms with Crippen molar-refractivity contribution in [3.8, 4) is 23.7 Å². The fraction of sp³-hybridized carbons (Fsp3) is 0.821. The maximum absolute atomic E-state index is 12.1. The number of hydrogen-bond acceptors (Lipinski definition) is 4. The van der Waals surface area contributed by atoms with Gasteiger partial charge in [0.1, 0.15) is 0 Å². The van der Waals surface area contributed by atoms with Gasteiger partial charge in [-0.25, -0.2) is 0 Å². The van der Waals surface area contributed by atoms with Crippen molar-refractivity contribution in [3.63, 3.8) is 0 Å². The van der Waals surface area contributed by atoms with Crippen molar-refractivity contribution in [1.29, 1.82) is 0 Å². The van der Waals surface area contributed by atoms with Gasteiger partial charge in [-0.1, -0.05) is 68.3 Å². The summed E-state index contributed by atoms with van der Waals surface area (Å²) in [6, 6.07) is 0. The Morgan fingerprint density at radius 2 is 1.24 bits per heavy atom. The van der Waals surface area contributed by atoms with Crippen LogP contribution in [-0.4, -0.2) is 37.4 Å². The van der Waals surface area contributed by atoms with Crippen LogP contribution in [0.1, 0.15) is 117 Å². The van der Waals surface area contributed by atoms with Gasteiger partial charge in [0.05, 0.1) is 26.2 Å². The van der Waals surface area contributed by atoms with E-state index in [9.17, 15) is 4.79 Å². The lowest BCUT2D eigenvalue weighted by Gasteiger charge is -2.17. The van der Waals surface area contributed by atoms with Gasteiger partial charge in [-0.3, -0.25) is 4.79 Å². The average Bonchev–Trinajstić information content (AvgIpc) is 2.82. The molecule has 0 saturated heterocycles. The molecule has 0 aromatic carbocycles. The first-order valence-corrected chi connectivity index (χ1v) is 14.2. The van der Waals surface area contributed by atoms with Crippen LogP contribution >= 0.6 is 15.9 Å². The molecule has 0 heterocycles. The van der Waals surface area contributed by atoms with E-state index in [0.717, 1.165) is 56.7 Å². The molecule has 33 heavy (non-hydrogen) atoms. The SMILES string of the molecule is CCCCCC#CCCOC(CCC(=O)OCCCCCCBr)OCCC#CCCCCC. The molecule has 190 valence electrons. The third-order valence-corrected chi connectivity index (χ3v) is 5.56. The minimum absolute atomic E-state index is 0.181. The molecule has 5 heteroatoms. The van der Waals surface area contributed by atoms with Crippen LogP contribution in [0.5, 0.6) is 0 Å². The minimum Gasteiger partial charge on any atom is -0.466 e. The van der Waals surface area contributed by atoms with Crippen LogP contribution in [0.4, 0.5) is 0 Å². The van der Waals surface area contributed by atoms with Gasteiger partial charge < -0.3 is 14.2 Å². The molecule has 0 rings (SSSR count). The quantitative estimate of drug-likeness (QED) is 0.0508. The predicted molar refractivity (Wildman–Crippen MR) is 141 cm³/mol. The maximum Gasteiger partial charge on any atom is 0.305 e. The summed E-state index contributed by atoms with van der Waals surface area (Å²) in [6.07, 6.45) is 15.2. The lowest BCUT2D eigenvalue weighted by atomic mass is 10.2. The molecule has 0 bridgehead atoms. The first-order chi connectivity index (χ1) is 16.2. The number of unbranched alkanes of at least 4 members (excludes halogenated alkanes) is 9. The minimum atomic E-state index is -0.416. The van der Waals surface area contributed by atoms with Gasteiger partial charge in [0, 0.05) is 37.4 Å². The molecular weight excluding hydrogens is 480 g/mol. The summed E-state index contributed by atoms with van der Waals surface area (Å²) in [4.78, 5) is 12.1. The second kappa shape index (κ2) is 27.2. The highest BCUT2D eigenvalue weighted by molar-refractivity contribution is 9.09. The van der Waals surface area contributed by atoms with Crippen LogP contribution in [0.15, 0.2) is 0 Å². The van der Waals surface area contributed by atoms with Crippen molar-refractivity contribution >= 4 is 21.9 Å². The van der Waals surface area contributed by atoms with E-state index < -0.39 is 6.29 Å². The van der Waals surface area contributed by atoms with Crippen molar-refractivity contribution in [2.45, 2.75) is 123 Å². The fourth-order valence-corrected chi connectivity index (χ4v) is 3.42. The largest absolute Gasteiger partial charge is 0.466 e. The lowest BCUT2D eigenvalue weighted by molar-refractivity contribution is -0.157. The van der Waals surface area contributed by atoms with Gasteiger partial charge in [-0.05, 0) is 25.7 Å². The number of rotatable bonds is 21. The summed E-state index contributed by atoms with van der Waals surface area (Å²) in [6.45, 7) is 5.91. The number of carbonyl (C=O) groups excluding carboxylic acids is 1. The predicted octanol–water partition coefficient (Wildman–Crippen LogP) is 7.57. The van der Waals surface area contributed by atoms with Crippen molar-refractivity contribution < 1.29 is 19.0 Å². The van der Waals surface area contributed by atoms with Gasteiger partial charge >= 0.3 is 5.97 Å². The van der Waals surface area contributed by atoms with E-state index in [2.05, 4.69) is 53.5 Å². The van der Waals surface area contributed by atoms with Crippen LogP contribution in [0.25, 0.3) is 0 Å². The van der Waals surface area contributed by atoms with Gasteiger partial charge in [-0.15, -0.1) is 23.7 Å². The Labute approximate surface area is 212 Å². The molecule has 0 aromatic heterocycles. The summed E-state index contributed by atoms with van der Waals surface area (Å²) in [5.41, 5.74) is 0. The molecule has 0 aromatic rings. The summed E-state index contributed by atoms with van der Waals surface area (Å²) in [5, 5.41) is 1.03. The number of alkyl halides is 1. The molecule has 0 spiro atoms. The van der Waals surface area contributed by atoms with Crippen molar-refractivity contribution in [2.24, 2.45) is 0 Å². The molecule has 0 aliphatic rings. The second-order valence-electron chi connectivity index (χ2n) is 8.15. The van der Waals surface area contributed by atoms with E-state index in [-0.39, 0.29) is 5.97 Å². The molecule has 0 unspecified atom stereocenters. The summed E-state index contributed by atoms with van der Waals surface area (Å²) in [5.74, 6) is 12.6. The third-order valence-electron chi connectivity index (χ3n) is 5.00. The van der Waals surface area contributed by atoms with Crippen LogP contribution in [0.2, 0.25) is 0 Å². The van der Waals surface area contributed by atoms with E-state index in [0.29, 0.717) is 45.5 Å². The standard InChI is InChI=1S/C28H47BrO4/c1-3-5-7-9-11-14-19-25-32-28(33-26-20-15-12-10-8-6-4-2)22-21-27(30)31-24-18-16-13-17-23-29/h28H,3-10,13,16-26H2,1-2H3. The fourth-order valence-electron chi connectivity index (χ4n) is 3.02. The van der Waals surface area contributed by atoms with Gasteiger partial charge in [0.15, 0.2) is 6.29 Å². The molecule has 0 amide bonds.